The zero-order chi connectivity index (χ0) is 18.2. The van der Waals surface area contributed by atoms with Crippen LogP contribution in [0.1, 0.15) is 31.9 Å². The lowest BCUT2D eigenvalue weighted by atomic mass is 10.1. The van der Waals surface area contributed by atoms with Gasteiger partial charge >= 0.3 is 6.18 Å². The molecule has 0 aliphatic carbocycles. The first-order valence-corrected chi connectivity index (χ1v) is 7.97. The molecule has 0 fully saturated rings. The van der Waals surface area contributed by atoms with E-state index in [1.807, 2.05) is 0 Å². The first kappa shape index (κ1) is 20.3. The molecule has 0 bridgehead atoms. The highest BCUT2D eigenvalue weighted by Crippen LogP contribution is 2.29. The fraction of sp³-hybridized carbons (Fsp3) is 0.588. The Morgan fingerprint density at radius 3 is 2.04 bits per heavy atom. The van der Waals surface area contributed by atoms with Crippen molar-refractivity contribution in [3.63, 3.8) is 0 Å². The van der Waals surface area contributed by atoms with E-state index in [4.69, 9.17) is 0 Å². The molecule has 0 radical (unpaired) electrons. The summed E-state index contributed by atoms with van der Waals surface area (Å²) in [6.45, 7) is 8.44. The van der Waals surface area contributed by atoms with Crippen LogP contribution in [0.15, 0.2) is 29.3 Å². The Balaban J connectivity index is 2.32. The molecule has 24 heavy (non-hydrogen) atoms. The van der Waals surface area contributed by atoms with E-state index in [2.05, 4.69) is 41.7 Å². The van der Waals surface area contributed by atoms with Crippen molar-refractivity contribution >= 4 is 5.96 Å². The first-order chi connectivity index (χ1) is 11.1. The molecule has 0 atom stereocenters. The van der Waals surface area contributed by atoms with Crippen LogP contribution in [-0.4, -0.2) is 38.2 Å². The summed E-state index contributed by atoms with van der Waals surface area (Å²) in [5.74, 6) is 0.678. The molecule has 0 aliphatic heterocycles. The third kappa shape index (κ3) is 8.19. The molecule has 0 unspecified atom stereocenters. The summed E-state index contributed by atoms with van der Waals surface area (Å²) in [4.78, 5) is 4.12. The van der Waals surface area contributed by atoms with Crippen molar-refractivity contribution in [2.75, 3.05) is 26.7 Å². The largest absolute Gasteiger partial charge is 0.416 e. The lowest BCUT2D eigenvalue weighted by molar-refractivity contribution is -0.137. The van der Waals surface area contributed by atoms with Crippen molar-refractivity contribution in [3.8, 4) is 0 Å². The van der Waals surface area contributed by atoms with E-state index >= 15 is 0 Å². The van der Waals surface area contributed by atoms with Gasteiger partial charge in [0.25, 0.3) is 0 Å². The predicted molar refractivity (Wildman–Crippen MR) is 92.3 cm³/mol. The second-order valence-corrected chi connectivity index (χ2v) is 6.55. The molecule has 1 aromatic carbocycles. The molecule has 0 saturated carbocycles. The number of nitrogens with one attached hydrogen (secondary N) is 3. The summed E-state index contributed by atoms with van der Waals surface area (Å²) in [7, 11) is 1.69. The van der Waals surface area contributed by atoms with Gasteiger partial charge in [-0.1, -0.05) is 12.1 Å². The highest BCUT2D eigenvalue weighted by Gasteiger charge is 2.29. The van der Waals surface area contributed by atoms with E-state index < -0.39 is 11.7 Å². The van der Waals surface area contributed by atoms with Crippen LogP contribution in [-0.2, 0) is 12.6 Å². The quantitative estimate of drug-likeness (QED) is 0.422. The number of alkyl halides is 3. The number of guanidine groups is 1. The molecular weight excluding hydrogens is 317 g/mol. The number of hydrogen-bond donors (Lipinski definition) is 3. The van der Waals surface area contributed by atoms with Crippen molar-refractivity contribution < 1.29 is 13.2 Å². The van der Waals surface area contributed by atoms with Crippen LogP contribution in [0.4, 0.5) is 13.2 Å². The van der Waals surface area contributed by atoms with Gasteiger partial charge in [-0.25, -0.2) is 0 Å². The van der Waals surface area contributed by atoms with Crippen LogP contribution in [0, 0.1) is 0 Å². The molecule has 0 saturated heterocycles. The van der Waals surface area contributed by atoms with Gasteiger partial charge in [-0.05, 0) is 44.9 Å². The minimum absolute atomic E-state index is 0.0706. The highest BCUT2D eigenvalue weighted by atomic mass is 19.4. The summed E-state index contributed by atoms with van der Waals surface area (Å²) < 4.78 is 37.5. The molecule has 1 rings (SSSR count). The van der Waals surface area contributed by atoms with Gasteiger partial charge in [0.2, 0.25) is 0 Å². The van der Waals surface area contributed by atoms with Gasteiger partial charge in [-0.15, -0.1) is 0 Å². The Morgan fingerprint density at radius 2 is 1.54 bits per heavy atom. The molecule has 7 heteroatoms. The van der Waals surface area contributed by atoms with Crippen LogP contribution < -0.4 is 16.0 Å². The Bertz CT molecular complexity index is 516. The summed E-state index contributed by atoms with van der Waals surface area (Å²) >= 11 is 0. The summed E-state index contributed by atoms with van der Waals surface area (Å²) in [6, 6.07) is 5.24. The SMILES string of the molecule is CN=C(NCCNC(C)(C)C)NCCc1ccc(C(F)(F)F)cc1. The lowest BCUT2D eigenvalue weighted by Gasteiger charge is -2.21. The van der Waals surface area contributed by atoms with Gasteiger partial charge in [0.15, 0.2) is 5.96 Å². The number of benzene rings is 1. The molecule has 0 amide bonds. The number of rotatable bonds is 6. The van der Waals surface area contributed by atoms with Crippen molar-refractivity contribution in [1.82, 2.24) is 16.0 Å². The summed E-state index contributed by atoms with van der Waals surface area (Å²) in [6.07, 6.45) is -3.66. The lowest BCUT2D eigenvalue weighted by Crippen LogP contribution is -2.44. The molecule has 0 spiro atoms. The van der Waals surface area contributed by atoms with E-state index in [0.717, 1.165) is 30.8 Å². The van der Waals surface area contributed by atoms with Gasteiger partial charge in [0.05, 0.1) is 5.56 Å². The van der Waals surface area contributed by atoms with E-state index in [1.165, 1.54) is 12.1 Å². The zero-order valence-corrected chi connectivity index (χ0v) is 14.7. The number of hydrogen-bond acceptors (Lipinski definition) is 2. The Labute approximate surface area is 141 Å². The maximum absolute atomic E-state index is 12.5. The molecule has 3 N–H and O–H groups in total. The van der Waals surface area contributed by atoms with E-state index in [1.54, 1.807) is 7.05 Å². The second-order valence-electron chi connectivity index (χ2n) is 6.55. The molecule has 136 valence electrons. The van der Waals surface area contributed by atoms with Crippen LogP contribution in [0.2, 0.25) is 0 Å². The number of halogens is 3. The van der Waals surface area contributed by atoms with Crippen molar-refractivity contribution in [1.29, 1.82) is 0 Å². The van der Waals surface area contributed by atoms with Crippen molar-refractivity contribution in [2.45, 2.75) is 38.9 Å². The van der Waals surface area contributed by atoms with Gasteiger partial charge in [-0.2, -0.15) is 13.2 Å². The van der Waals surface area contributed by atoms with E-state index in [-0.39, 0.29) is 5.54 Å². The van der Waals surface area contributed by atoms with Crippen LogP contribution >= 0.6 is 0 Å². The average molecular weight is 344 g/mol. The molecule has 0 aliphatic rings. The minimum Gasteiger partial charge on any atom is -0.356 e. The summed E-state index contributed by atoms with van der Waals surface area (Å²) in [5.41, 5.74) is 0.296. The summed E-state index contributed by atoms with van der Waals surface area (Å²) in [5, 5.41) is 9.70. The average Bonchev–Trinajstić information content (AvgIpc) is 2.48. The highest BCUT2D eigenvalue weighted by molar-refractivity contribution is 5.79. The number of nitrogens with zero attached hydrogens (tertiary/aromatic N) is 1. The van der Waals surface area contributed by atoms with Crippen molar-refractivity contribution in [3.05, 3.63) is 35.4 Å². The van der Waals surface area contributed by atoms with Gasteiger partial charge in [0, 0.05) is 32.2 Å². The maximum atomic E-state index is 12.5. The van der Waals surface area contributed by atoms with Gasteiger partial charge < -0.3 is 16.0 Å². The third-order valence-electron chi connectivity index (χ3n) is 3.28. The zero-order valence-electron chi connectivity index (χ0n) is 14.7. The van der Waals surface area contributed by atoms with Gasteiger partial charge in [0.1, 0.15) is 0 Å². The molecule has 0 aromatic heterocycles. The Morgan fingerprint density at radius 1 is 0.958 bits per heavy atom. The maximum Gasteiger partial charge on any atom is 0.416 e. The molecule has 4 nitrogen and oxygen atoms in total. The van der Waals surface area contributed by atoms with E-state index in [9.17, 15) is 13.2 Å². The third-order valence-corrected chi connectivity index (χ3v) is 3.28. The Hall–Kier alpha value is -1.76. The van der Waals surface area contributed by atoms with Crippen LogP contribution in [0.5, 0.6) is 0 Å². The minimum atomic E-state index is -4.29. The molecular formula is C17H27F3N4. The normalized spacial score (nSPS) is 13.0. The van der Waals surface area contributed by atoms with Crippen LogP contribution in [0.3, 0.4) is 0 Å². The fourth-order valence-corrected chi connectivity index (χ4v) is 2.02. The number of aliphatic imine (C=N–C) groups is 1. The smallest absolute Gasteiger partial charge is 0.356 e. The fourth-order valence-electron chi connectivity index (χ4n) is 2.02. The first-order valence-electron chi connectivity index (χ1n) is 7.97. The Kier molecular flexibility index (Phi) is 7.54. The predicted octanol–water partition coefficient (Wildman–Crippen LogP) is 2.80. The van der Waals surface area contributed by atoms with E-state index in [0.29, 0.717) is 18.9 Å². The monoisotopic (exact) mass is 344 g/mol. The van der Waals surface area contributed by atoms with Gasteiger partial charge in [-0.3, -0.25) is 4.99 Å². The molecule has 0 heterocycles. The molecule has 1 aromatic rings. The second kappa shape index (κ2) is 8.92. The van der Waals surface area contributed by atoms with Crippen LogP contribution in [0.25, 0.3) is 0 Å². The van der Waals surface area contributed by atoms with Crippen molar-refractivity contribution in [2.24, 2.45) is 4.99 Å². The standard InChI is InChI=1S/C17H27F3N4/c1-16(2,3)24-12-11-23-15(21-4)22-10-9-13-5-7-14(8-6-13)17(18,19)20/h5-8,24H,9-12H2,1-4H3,(H2,21,22,23). The topological polar surface area (TPSA) is 48.5 Å².